The highest BCUT2D eigenvalue weighted by atomic mass is 16.6. The average Bonchev–Trinajstić information content (AvgIpc) is 3.06. The molecule has 1 amide bonds. The Hall–Kier alpha value is -2.55. The Morgan fingerprint density at radius 2 is 2.04 bits per heavy atom. The molecule has 28 heavy (non-hydrogen) atoms. The summed E-state index contributed by atoms with van der Waals surface area (Å²) in [6.07, 6.45) is -0.351. The monoisotopic (exact) mass is 385 g/mol. The molecule has 0 fully saturated rings. The molecule has 0 aromatic heterocycles. The summed E-state index contributed by atoms with van der Waals surface area (Å²) in [6.45, 7) is 2.43. The molecule has 7 nitrogen and oxygen atoms in total. The number of methoxy groups -OCH3 is 1. The first-order valence-corrected chi connectivity index (χ1v) is 9.12. The molecular weight excluding hydrogens is 361 g/mol. The molecule has 0 saturated heterocycles. The fraction of sp³-hybridized carbons (Fsp3) is 0.350. The van der Waals surface area contributed by atoms with E-state index >= 15 is 0 Å². The van der Waals surface area contributed by atoms with Gasteiger partial charge in [0, 0.05) is 17.9 Å². The molecule has 148 valence electrons. The minimum Gasteiger partial charge on any atom is -0.497 e. The second kappa shape index (κ2) is 9.10. The smallest absolute Gasteiger partial charge is 0.497 e. The Morgan fingerprint density at radius 3 is 2.71 bits per heavy atom. The maximum absolute atomic E-state index is 12.4. The van der Waals surface area contributed by atoms with Gasteiger partial charge >= 0.3 is 7.32 Å². The largest absolute Gasteiger partial charge is 0.635 e. The van der Waals surface area contributed by atoms with Crippen LogP contribution in [-0.2, 0) is 15.9 Å². The first kappa shape index (κ1) is 20.2. The van der Waals surface area contributed by atoms with Gasteiger partial charge in [0.2, 0.25) is 5.91 Å². The van der Waals surface area contributed by atoms with E-state index in [-0.39, 0.29) is 18.2 Å². The highest BCUT2D eigenvalue weighted by molar-refractivity contribution is 6.32. The van der Waals surface area contributed by atoms with Gasteiger partial charge in [-0.2, -0.15) is 0 Å². The van der Waals surface area contributed by atoms with E-state index in [1.54, 1.807) is 31.4 Å². The number of nitrogens with one attached hydrogen (secondary N) is 1. The summed E-state index contributed by atoms with van der Waals surface area (Å²) in [5.41, 5.74) is 2.89. The molecule has 3 rings (SSSR count). The van der Waals surface area contributed by atoms with Crippen molar-refractivity contribution in [1.82, 2.24) is 5.32 Å². The van der Waals surface area contributed by atoms with Gasteiger partial charge in [-0.15, -0.1) is 0 Å². The molecule has 0 spiro atoms. The molecule has 3 N–H and O–H groups in total. The summed E-state index contributed by atoms with van der Waals surface area (Å²) in [5, 5.41) is 21.2. The van der Waals surface area contributed by atoms with E-state index in [1.165, 1.54) is 0 Å². The minimum atomic E-state index is -1.98. The lowest BCUT2D eigenvalue weighted by Gasteiger charge is -2.22. The summed E-state index contributed by atoms with van der Waals surface area (Å²) in [7, 11) is -0.401. The van der Waals surface area contributed by atoms with E-state index in [2.05, 4.69) is 5.32 Å². The topological polar surface area (TPSA) is 97.3 Å². The van der Waals surface area contributed by atoms with E-state index in [1.807, 2.05) is 25.1 Å². The lowest BCUT2D eigenvalue weighted by atomic mass is 9.95. The zero-order chi connectivity index (χ0) is 20.1. The number of fused-ring (bicyclic) bond motifs is 1. The van der Waals surface area contributed by atoms with E-state index in [9.17, 15) is 14.8 Å². The lowest BCUT2D eigenvalue weighted by molar-refractivity contribution is -0.123. The van der Waals surface area contributed by atoms with Crippen molar-refractivity contribution in [3.05, 3.63) is 59.2 Å². The van der Waals surface area contributed by atoms with Crippen LogP contribution in [-0.4, -0.2) is 43.2 Å². The number of carbonyl (C=O) groups is 1. The van der Waals surface area contributed by atoms with Crippen molar-refractivity contribution < 1.29 is 29.0 Å². The lowest BCUT2D eigenvalue weighted by Crippen LogP contribution is -2.42. The fourth-order valence-electron chi connectivity index (χ4n) is 3.38. The third-order valence-corrected chi connectivity index (χ3v) is 4.74. The summed E-state index contributed by atoms with van der Waals surface area (Å²) < 4.78 is 16.0. The summed E-state index contributed by atoms with van der Waals surface area (Å²) in [4.78, 5) is 12.4. The summed E-state index contributed by atoms with van der Waals surface area (Å²) in [6, 6.07) is 13.1. The van der Waals surface area contributed by atoms with Crippen LogP contribution in [0.5, 0.6) is 11.5 Å². The number of hydrogen-bond acceptors (Lipinski definition) is 6. The van der Waals surface area contributed by atoms with Gasteiger partial charge < -0.3 is 29.5 Å². The molecule has 1 aliphatic heterocycles. The van der Waals surface area contributed by atoms with Gasteiger partial charge in [0.05, 0.1) is 20.1 Å². The maximum Gasteiger partial charge on any atom is 0.635 e. The summed E-state index contributed by atoms with van der Waals surface area (Å²) in [5.74, 6) is 1.27. The highest BCUT2D eigenvalue weighted by Crippen LogP contribution is 2.38. The van der Waals surface area contributed by atoms with Crippen molar-refractivity contribution in [2.24, 2.45) is 0 Å². The van der Waals surface area contributed by atoms with Gasteiger partial charge in [-0.1, -0.05) is 30.3 Å². The predicted molar refractivity (Wildman–Crippen MR) is 104 cm³/mol. The molecule has 0 bridgehead atoms. The molecule has 0 saturated carbocycles. The third kappa shape index (κ3) is 5.04. The van der Waals surface area contributed by atoms with Crippen LogP contribution in [0, 0.1) is 6.92 Å². The van der Waals surface area contributed by atoms with E-state index in [0.29, 0.717) is 18.8 Å². The van der Waals surface area contributed by atoms with E-state index in [0.717, 1.165) is 22.4 Å². The quantitative estimate of drug-likeness (QED) is 0.471. The predicted octanol–water partition coefficient (Wildman–Crippen LogP) is 1.54. The van der Waals surface area contributed by atoms with Gasteiger partial charge in [-0.05, 0) is 30.2 Å². The van der Waals surface area contributed by atoms with Crippen molar-refractivity contribution in [1.29, 1.82) is 0 Å². The molecule has 2 aromatic carbocycles. The molecule has 0 radical (unpaired) electrons. The number of benzene rings is 2. The Morgan fingerprint density at radius 1 is 1.29 bits per heavy atom. The summed E-state index contributed by atoms with van der Waals surface area (Å²) >= 11 is 0. The molecule has 8 heteroatoms. The van der Waals surface area contributed by atoms with Gasteiger partial charge in [-0.25, -0.2) is 0 Å². The van der Waals surface area contributed by atoms with Gasteiger partial charge in [0.1, 0.15) is 17.7 Å². The standard InChI is InChI=1S/C20H24BNO6/c1-13-4-3-5-17-15(12-27-20(13)17)11-19(28-21(24)25)22-18(23)10-14-6-8-16(26-2)9-7-14/h3-9,15,19,24-25H,10-12H2,1-2H3,(H,22,23)/t15-,19+/m0/s1. The molecule has 0 aliphatic carbocycles. The van der Waals surface area contributed by atoms with Crippen molar-refractivity contribution in [2.45, 2.75) is 31.9 Å². The molecular formula is C20H24BNO6. The van der Waals surface area contributed by atoms with Crippen LogP contribution in [0.2, 0.25) is 0 Å². The van der Waals surface area contributed by atoms with Crippen molar-refractivity contribution in [3.63, 3.8) is 0 Å². The van der Waals surface area contributed by atoms with Gasteiger partial charge in [-0.3, -0.25) is 4.79 Å². The van der Waals surface area contributed by atoms with E-state index in [4.69, 9.17) is 14.1 Å². The Labute approximate surface area is 164 Å². The molecule has 1 aliphatic rings. The number of aryl methyl sites for hydroxylation is 1. The zero-order valence-corrected chi connectivity index (χ0v) is 15.9. The molecule has 0 unspecified atom stereocenters. The Bertz CT molecular complexity index is 811. The number of hydrogen-bond donors (Lipinski definition) is 3. The van der Waals surface area contributed by atoms with Gasteiger partial charge in [0.15, 0.2) is 0 Å². The third-order valence-electron chi connectivity index (χ3n) is 4.74. The number of carbonyl (C=O) groups excluding carboxylic acids is 1. The van der Waals surface area contributed by atoms with Gasteiger partial charge in [0.25, 0.3) is 0 Å². The number of amides is 1. The highest BCUT2D eigenvalue weighted by Gasteiger charge is 2.30. The second-order valence-electron chi connectivity index (χ2n) is 6.78. The Kier molecular flexibility index (Phi) is 6.56. The maximum atomic E-state index is 12.4. The van der Waals surface area contributed by atoms with Crippen molar-refractivity contribution >= 4 is 13.2 Å². The average molecular weight is 385 g/mol. The first-order chi connectivity index (χ1) is 13.5. The second-order valence-corrected chi connectivity index (χ2v) is 6.78. The first-order valence-electron chi connectivity index (χ1n) is 9.12. The molecule has 2 aromatic rings. The van der Waals surface area contributed by atoms with E-state index < -0.39 is 13.5 Å². The number of para-hydroxylation sites is 1. The van der Waals surface area contributed by atoms with Crippen LogP contribution in [0.4, 0.5) is 0 Å². The zero-order valence-electron chi connectivity index (χ0n) is 15.9. The Balaban J connectivity index is 1.64. The van der Waals surface area contributed by atoms with Crippen molar-refractivity contribution in [3.8, 4) is 11.5 Å². The van der Waals surface area contributed by atoms with Crippen molar-refractivity contribution in [2.75, 3.05) is 13.7 Å². The minimum absolute atomic E-state index is 0.0139. The van der Waals surface area contributed by atoms with Crippen LogP contribution in [0.1, 0.15) is 29.0 Å². The van der Waals surface area contributed by atoms with Crippen LogP contribution >= 0.6 is 0 Å². The number of rotatable bonds is 8. The normalized spacial score (nSPS) is 16.1. The number of ether oxygens (including phenoxy) is 2. The fourth-order valence-corrected chi connectivity index (χ4v) is 3.38. The van der Waals surface area contributed by atoms with Crippen LogP contribution in [0.3, 0.4) is 0 Å². The molecule has 2 atom stereocenters. The van der Waals surface area contributed by atoms with Crippen LogP contribution in [0.25, 0.3) is 0 Å². The molecule has 1 heterocycles. The van der Waals surface area contributed by atoms with Crippen LogP contribution < -0.4 is 14.8 Å². The SMILES string of the molecule is COc1ccc(CC(=O)N[C@@H](C[C@H]2COc3c(C)cccc32)OB(O)O)cc1. The van der Waals surface area contributed by atoms with Crippen LogP contribution in [0.15, 0.2) is 42.5 Å².